The van der Waals surface area contributed by atoms with Crippen LogP contribution in [0.5, 0.6) is 0 Å². The first-order valence-electron chi connectivity index (χ1n) is 2.10. The van der Waals surface area contributed by atoms with Crippen LogP contribution in [0.3, 0.4) is 0 Å². The quantitative estimate of drug-likeness (QED) is 0.338. The molecule has 0 saturated heterocycles. The minimum Gasteiger partial charge on any atom is -0.412 e. The van der Waals surface area contributed by atoms with Crippen LogP contribution in [-0.4, -0.2) is 32.2 Å². The normalized spacial score (nSPS) is 19.7. The summed E-state index contributed by atoms with van der Waals surface area (Å²) in [6, 6.07) is 0. The highest BCUT2D eigenvalue weighted by Gasteiger charge is 1.93. The fourth-order valence-electron chi connectivity index (χ4n) is 0.470. The van der Waals surface area contributed by atoms with Gasteiger partial charge in [-0.2, -0.15) is 0 Å². The number of aliphatic imine (C=N–C) groups is 1. The fourth-order valence-corrected chi connectivity index (χ4v) is 0.470. The summed E-state index contributed by atoms with van der Waals surface area (Å²) in [5, 5.41) is 0. The third kappa shape index (κ3) is 0.532. The van der Waals surface area contributed by atoms with E-state index < -0.39 is 0 Å². The first-order chi connectivity index (χ1) is 2.89. The van der Waals surface area contributed by atoms with Gasteiger partial charge in [-0.05, 0) is 0 Å². The molecule has 0 atom stereocenters. The van der Waals surface area contributed by atoms with Gasteiger partial charge in [-0.3, -0.25) is 4.99 Å². The molecule has 0 bridgehead atoms. The molecular formula is C3H7BN2. The number of hydrogen-bond donors (Lipinski definition) is 0. The van der Waals surface area contributed by atoms with Crippen molar-refractivity contribution in [2.45, 2.75) is 0 Å². The molecule has 3 heteroatoms. The zero-order valence-electron chi connectivity index (χ0n) is 3.89. The Morgan fingerprint density at radius 3 is 2.83 bits per heavy atom. The molecule has 0 fully saturated rings. The molecule has 0 unspecified atom stereocenters. The van der Waals surface area contributed by atoms with E-state index in [2.05, 4.69) is 9.80 Å². The topological polar surface area (TPSA) is 15.6 Å². The summed E-state index contributed by atoms with van der Waals surface area (Å²) in [6.07, 6.45) is 1.86. The van der Waals surface area contributed by atoms with Crippen LogP contribution in [0.4, 0.5) is 0 Å². The molecule has 6 heavy (non-hydrogen) atoms. The van der Waals surface area contributed by atoms with Gasteiger partial charge < -0.3 is 4.81 Å². The van der Waals surface area contributed by atoms with Crippen molar-refractivity contribution in [1.29, 1.82) is 0 Å². The Bertz CT molecular complexity index is 71.2. The Labute approximate surface area is 38.3 Å². The average Bonchev–Trinajstić information content (AvgIpc) is 1.86. The van der Waals surface area contributed by atoms with E-state index in [1.54, 1.807) is 0 Å². The van der Waals surface area contributed by atoms with Crippen molar-refractivity contribution in [3.63, 3.8) is 0 Å². The Morgan fingerprint density at radius 2 is 2.67 bits per heavy atom. The maximum atomic E-state index is 3.97. The van der Waals surface area contributed by atoms with Crippen molar-refractivity contribution in [2.24, 2.45) is 4.99 Å². The van der Waals surface area contributed by atoms with Gasteiger partial charge in [0.15, 0.2) is 0 Å². The van der Waals surface area contributed by atoms with Crippen molar-refractivity contribution in [3.05, 3.63) is 0 Å². The van der Waals surface area contributed by atoms with Gasteiger partial charge >= 0.3 is 0 Å². The molecule has 1 rings (SSSR count). The minimum absolute atomic E-state index is 0.983. The van der Waals surface area contributed by atoms with Crippen LogP contribution in [0, 0.1) is 0 Å². The lowest BCUT2D eigenvalue weighted by molar-refractivity contribution is 0.728. The molecule has 0 amide bonds. The van der Waals surface area contributed by atoms with Crippen LogP contribution in [0.15, 0.2) is 4.99 Å². The van der Waals surface area contributed by atoms with Crippen molar-refractivity contribution in [3.8, 4) is 0 Å². The predicted molar refractivity (Wildman–Crippen MR) is 28.6 cm³/mol. The summed E-state index contributed by atoms with van der Waals surface area (Å²) in [7, 11) is 2.02. The van der Waals surface area contributed by atoms with Gasteiger partial charge in [-0.15, -0.1) is 0 Å². The molecule has 0 aromatic rings. The molecule has 2 nitrogen and oxygen atoms in total. The molecule has 32 valence electrons. The van der Waals surface area contributed by atoms with Gasteiger partial charge in [0.1, 0.15) is 0 Å². The molecule has 1 aliphatic heterocycles. The summed E-state index contributed by atoms with van der Waals surface area (Å²) < 4.78 is 0. The molecule has 1 aliphatic rings. The number of rotatable bonds is 0. The lowest BCUT2D eigenvalue weighted by Crippen LogP contribution is -2.13. The second-order valence-corrected chi connectivity index (χ2v) is 1.50. The van der Waals surface area contributed by atoms with Crippen molar-refractivity contribution >= 4 is 14.3 Å². The van der Waals surface area contributed by atoms with Gasteiger partial charge in [0.05, 0.1) is 12.9 Å². The van der Waals surface area contributed by atoms with Gasteiger partial charge in [-0.1, -0.05) is 0 Å². The zero-order valence-corrected chi connectivity index (χ0v) is 3.89. The van der Waals surface area contributed by atoms with Gasteiger partial charge in [0.2, 0.25) is 7.98 Å². The molecule has 0 spiro atoms. The summed E-state index contributed by atoms with van der Waals surface area (Å²) in [4.78, 5) is 6.03. The molecular weight excluding hydrogens is 74.9 g/mol. The fraction of sp³-hybridized carbons (Fsp3) is 0.667. The van der Waals surface area contributed by atoms with E-state index in [4.69, 9.17) is 0 Å². The highest BCUT2D eigenvalue weighted by atomic mass is 15.1. The third-order valence-corrected chi connectivity index (χ3v) is 0.861. The van der Waals surface area contributed by atoms with E-state index >= 15 is 0 Å². The van der Waals surface area contributed by atoms with E-state index in [-0.39, 0.29) is 0 Å². The molecule has 0 aliphatic carbocycles. The smallest absolute Gasteiger partial charge is 0.218 e. The molecule has 1 heterocycles. The SMILES string of the molecule is BN1C=NCC1. The minimum atomic E-state index is 0.983. The van der Waals surface area contributed by atoms with Gasteiger partial charge in [0, 0.05) is 6.54 Å². The van der Waals surface area contributed by atoms with E-state index in [0.717, 1.165) is 13.1 Å². The largest absolute Gasteiger partial charge is 0.412 e. The van der Waals surface area contributed by atoms with Crippen molar-refractivity contribution in [1.82, 2.24) is 4.81 Å². The maximum Gasteiger partial charge on any atom is 0.218 e. The van der Waals surface area contributed by atoms with E-state index in [0.29, 0.717) is 0 Å². The molecule has 0 aromatic carbocycles. The Kier molecular flexibility index (Phi) is 0.822. The van der Waals surface area contributed by atoms with Crippen LogP contribution in [0.1, 0.15) is 0 Å². The van der Waals surface area contributed by atoms with Crippen molar-refractivity contribution in [2.75, 3.05) is 13.1 Å². The molecule has 0 N–H and O–H groups in total. The summed E-state index contributed by atoms with van der Waals surface area (Å²) in [5.41, 5.74) is 0. The molecule has 0 aromatic heterocycles. The highest BCUT2D eigenvalue weighted by Crippen LogP contribution is 1.83. The number of hydrogen-bond acceptors (Lipinski definition) is 2. The second-order valence-electron chi connectivity index (χ2n) is 1.50. The van der Waals surface area contributed by atoms with Crippen LogP contribution in [0.25, 0.3) is 0 Å². The second kappa shape index (κ2) is 1.33. The van der Waals surface area contributed by atoms with E-state index in [1.807, 2.05) is 14.3 Å². The highest BCUT2D eigenvalue weighted by molar-refractivity contribution is 6.11. The molecule has 0 saturated carbocycles. The van der Waals surface area contributed by atoms with Gasteiger partial charge in [-0.25, -0.2) is 0 Å². The standard InChI is InChI=1S/C3H7BN2/c4-6-2-1-5-3-6/h3H,1-2,4H2. The Morgan fingerprint density at radius 1 is 1.83 bits per heavy atom. The van der Waals surface area contributed by atoms with Gasteiger partial charge in [0.25, 0.3) is 0 Å². The summed E-state index contributed by atoms with van der Waals surface area (Å²) in [5.74, 6) is 0. The van der Waals surface area contributed by atoms with E-state index in [9.17, 15) is 0 Å². The van der Waals surface area contributed by atoms with Crippen LogP contribution in [0.2, 0.25) is 0 Å². The predicted octanol–water partition coefficient (Wildman–Crippen LogP) is -1.12. The first kappa shape index (κ1) is 3.72. The van der Waals surface area contributed by atoms with E-state index in [1.165, 1.54) is 0 Å². The van der Waals surface area contributed by atoms with Crippen LogP contribution < -0.4 is 0 Å². The summed E-state index contributed by atoms with van der Waals surface area (Å²) >= 11 is 0. The van der Waals surface area contributed by atoms with Crippen molar-refractivity contribution < 1.29 is 0 Å². The zero-order chi connectivity index (χ0) is 4.41. The lowest BCUT2D eigenvalue weighted by Gasteiger charge is -2.00. The Hall–Kier alpha value is -0.465. The van der Waals surface area contributed by atoms with Crippen LogP contribution >= 0.6 is 0 Å². The number of nitrogens with zero attached hydrogens (tertiary/aromatic N) is 2. The first-order valence-corrected chi connectivity index (χ1v) is 2.10. The lowest BCUT2D eigenvalue weighted by atomic mass is 10.3. The summed E-state index contributed by atoms with van der Waals surface area (Å²) in [6.45, 7) is 2.08. The molecule has 0 radical (unpaired) electrons. The van der Waals surface area contributed by atoms with Crippen LogP contribution in [-0.2, 0) is 0 Å². The maximum absolute atomic E-state index is 3.97. The average molecular weight is 81.9 g/mol. The Balaban J connectivity index is 2.38. The third-order valence-electron chi connectivity index (χ3n) is 0.861. The monoisotopic (exact) mass is 82.1 g/mol.